The van der Waals surface area contributed by atoms with E-state index in [4.69, 9.17) is 9.47 Å². The van der Waals surface area contributed by atoms with Gasteiger partial charge in [0.2, 0.25) is 5.75 Å². The number of sulfonamides is 1. The molecule has 0 fully saturated rings. The molecule has 0 aliphatic carbocycles. The lowest BCUT2D eigenvalue weighted by Crippen LogP contribution is -2.18. The molecule has 0 aliphatic heterocycles. The Hall–Kier alpha value is -3.26. The van der Waals surface area contributed by atoms with Crippen LogP contribution in [0.4, 0.5) is 0 Å². The van der Waals surface area contributed by atoms with Crippen molar-refractivity contribution in [3.63, 3.8) is 0 Å². The van der Waals surface area contributed by atoms with Crippen molar-refractivity contribution >= 4 is 27.0 Å². The summed E-state index contributed by atoms with van der Waals surface area (Å²) < 4.78 is 35.0. The lowest BCUT2D eigenvalue weighted by atomic mass is 10.1. The predicted molar refractivity (Wildman–Crippen MR) is 103 cm³/mol. The van der Waals surface area contributed by atoms with Crippen LogP contribution in [0.1, 0.15) is 5.56 Å². The van der Waals surface area contributed by atoms with Gasteiger partial charge in [0.05, 0.1) is 25.3 Å². The molecule has 140 valence electrons. The Morgan fingerprint density at radius 1 is 0.963 bits per heavy atom. The van der Waals surface area contributed by atoms with E-state index in [1.807, 2.05) is 24.3 Å². The van der Waals surface area contributed by atoms with Crippen molar-refractivity contribution in [2.75, 3.05) is 14.2 Å². The molecule has 0 saturated carbocycles. The normalized spacial score (nSPS) is 11.6. The maximum atomic E-state index is 12.5. The number of rotatable bonds is 6. The summed E-state index contributed by atoms with van der Waals surface area (Å²) in [6, 6.07) is 15.3. The van der Waals surface area contributed by atoms with Crippen molar-refractivity contribution < 1.29 is 23.0 Å². The van der Waals surface area contributed by atoms with E-state index >= 15 is 0 Å². The molecule has 0 aliphatic rings. The van der Waals surface area contributed by atoms with E-state index in [2.05, 4.69) is 9.93 Å². The first-order chi connectivity index (χ1) is 12.9. The predicted octanol–water partition coefficient (Wildman–Crippen LogP) is 2.88. The molecule has 0 saturated heterocycles. The van der Waals surface area contributed by atoms with E-state index in [-0.39, 0.29) is 22.1 Å². The SMILES string of the molecule is COc1cc(/C=N/NS(=O)(=O)c2ccc3ccccc3c2)cc(OC)c1O. The molecule has 8 heteroatoms. The molecule has 3 aromatic carbocycles. The minimum Gasteiger partial charge on any atom is -0.502 e. The second kappa shape index (κ2) is 7.55. The van der Waals surface area contributed by atoms with Crippen LogP contribution in [0.2, 0.25) is 0 Å². The Labute approximate surface area is 156 Å². The fraction of sp³-hybridized carbons (Fsp3) is 0.105. The van der Waals surface area contributed by atoms with Crippen molar-refractivity contribution in [1.82, 2.24) is 4.83 Å². The van der Waals surface area contributed by atoms with E-state index in [0.717, 1.165) is 10.8 Å². The van der Waals surface area contributed by atoms with Gasteiger partial charge in [-0.1, -0.05) is 30.3 Å². The lowest BCUT2D eigenvalue weighted by Gasteiger charge is -2.09. The molecule has 0 atom stereocenters. The van der Waals surface area contributed by atoms with Crippen LogP contribution in [-0.2, 0) is 10.0 Å². The van der Waals surface area contributed by atoms with Crippen LogP contribution in [0.25, 0.3) is 10.8 Å². The fourth-order valence-electron chi connectivity index (χ4n) is 2.55. The van der Waals surface area contributed by atoms with Gasteiger partial charge in [0, 0.05) is 5.56 Å². The number of ether oxygens (including phenoxy) is 2. The maximum Gasteiger partial charge on any atom is 0.276 e. The summed E-state index contributed by atoms with van der Waals surface area (Å²) in [5.74, 6) is 0.232. The van der Waals surface area contributed by atoms with Gasteiger partial charge in [-0.2, -0.15) is 13.5 Å². The molecule has 7 nitrogen and oxygen atoms in total. The number of nitrogens with one attached hydrogen (secondary N) is 1. The van der Waals surface area contributed by atoms with Crippen molar-refractivity contribution in [2.45, 2.75) is 4.90 Å². The minimum absolute atomic E-state index is 0.110. The van der Waals surface area contributed by atoms with Crippen LogP contribution < -0.4 is 14.3 Å². The highest BCUT2D eigenvalue weighted by atomic mass is 32.2. The quantitative estimate of drug-likeness (QED) is 0.502. The van der Waals surface area contributed by atoms with E-state index in [0.29, 0.717) is 5.56 Å². The summed E-state index contributed by atoms with van der Waals surface area (Å²) in [5, 5.41) is 15.5. The van der Waals surface area contributed by atoms with E-state index in [9.17, 15) is 13.5 Å². The summed E-state index contributed by atoms with van der Waals surface area (Å²) in [6.07, 6.45) is 1.29. The van der Waals surface area contributed by atoms with Crippen LogP contribution >= 0.6 is 0 Å². The maximum absolute atomic E-state index is 12.5. The second-order valence-electron chi connectivity index (χ2n) is 5.64. The smallest absolute Gasteiger partial charge is 0.276 e. The number of phenols is 1. The number of fused-ring (bicyclic) bond motifs is 1. The van der Waals surface area contributed by atoms with Gasteiger partial charge < -0.3 is 14.6 Å². The lowest BCUT2D eigenvalue weighted by molar-refractivity contribution is 0.340. The molecule has 3 rings (SSSR count). The van der Waals surface area contributed by atoms with Crippen LogP contribution in [-0.4, -0.2) is 34.0 Å². The number of phenolic OH excluding ortho intramolecular Hbond substituents is 1. The van der Waals surface area contributed by atoms with E-state index in [1.54, 1.807) is 12.1 Å². The third-order valence-corrected chi connectivity index (χ3v) is 5.14. The zero-order valence-electron chi connectivity index (χ0n) is 14.7. The summed E-state index contributed by atoms with van der Waals surface area (Å²) in [7, 11) is -1.02. The monoisotopic (exact) mass is 386 g/mol. The number of nitrogens with zero attached hydrogens (tertiary/aromatic N) is 1. The van der Waals surface area contributed by atoms with Crippen molar-refractivity contribution in [3.8, 4) is 17.2 Å². The van der Waals surface area contributed by atoms with Crippen molar-refractivity contribution in [3.05, 3.63) is 60.2 Å². The number of methoxy groups -OCH3 is 2. The highest BCUT2D eigenvalue weighted by Crippen LogP contribution is 2.36. The van der Waals surface area contributed by atoms with Gasteiger partial charge in [-0.25, -0.2) is 4.83 Å². The fourth-order valence-corrected chi connectivity index (χ4v) is 3.37. The average molecular weight is 386 g/mol. The van der Waals surface area contributed by atoms with Crippen LogP contribution in [0.5, 0.6) is 17.2 Å². The van der Waals surface area contributed by atoms with Gasteiger partial charge in [0.15, 0.2) is 11.5 Å². The molecule has 3 aromatic rings. The minimum atomic E-state index is -3.82. The third-order valence-electron chi connectivity index (χ3n) is 3.92. The second-order valence-corrected chi connectivity index (χ2v) is 7.30. The first-order valence-electron chi connectivity index (χ1n) is 7.93. The zero-order valence-corrected chi connectivity index (χ0v) is 15.5. The summed E-state index contributed by atoms with van der Waals surface area (Å²) in [6.45, 7) is 0. The Morgan fingerprint density at radius 3 is 2.22 bits per heavy atom. The van der Waals surface area contributed by atoms with E-state index < -0.39 is 10.0 Å². The largest absolute Gasteiger partial charge is 0.502 e. The Kier molecular flexibility index (Phi) is 5.18. The van der Waals surface area contributed by atoms with Gasteiger partial charge in [0.25, 0.3) is 10.0 Å². The van der Waals surface area contributed by atoms with Gasteiger partial charge >= 0.3 is 0 Å². The molecule has 0 unspecified atom stereocenters. The Balaban J connectivity index is 1.84. The number of hydrogen-bond acceptors (Lipinski definition) is 6. The molecule has 0 radical (unpaired) electrons. The van der Waals surface area contributed by atoms with Gasteiger partial charge in [-0.05, 0) is 35.0 Å². The summed E-state index contributed by atoms with van der Waals surface area (Å²) in [4.78, 5) is 2.29. The highest BCUT2D eigenvalue weighted by Gasteiger charge is 2.14. The molecule has 0 heterocycles. The van der Waals surface area contributed by atoms with Crippen molar-refractivity contribution in [2.24, 2.45) is 5.10 Å². The number of hydrazone groups is 1. The first kappa shape index (κ1) is 18.5. The molecule has 0 bridgehead atoms. The number of benzene rings is 3. The van der Waals surface area contributed by atoms with Crippen LogP contribution in [0.15, 0.2) is 64.6 Å². The third kappa shape index (κ3) is 3.95. The highest BCUT2D eigenvalue weighted by molar-refractivity contribution is 7.89. The molecular formula is C19H18N2O5S. The van der Waals surface area contributed by atoms with Crippen LogP contribution in [0, 0.1) is 0 Å². The van der Waals surface area contributed by atoms with Gasteiger partial charge in [-0.3, -0.25) is 0 Å². The summed E-state index contributed by atoms with van der Waals surface area (Å²) in [5.41, 5.74) is 0.489. The van der Waals surface area contributed by atoms with Gasteiger partial charge in [0.1, 0.15) is 0 Å². The van der Waals surface area contributed by atoms with Gasteiger partial charge in [-0.15, -0.1) is 0 Å². The average Bonchev–Trinajstić information content (AvgIpc) is 2.68. The molecular weight excluding hydrogens is 368 g/mol. The van der Waals surface area contributed by atoms with Crippen molar-refractivity contribution in [1.29, 1.82) is 0 Å². The Bertz CT molecular complexity index is 1090. The molecule has 0 amide bonds. The standard InChI is InChI=1S/C19H18N2O5S/c1-25-17-9-13(10-18(26-2)19(17)22)12-20-21-27(23,24)16-8-7-14-5-3-4-6-15(14)11-16/h3-12,21-22H,1-2H3/b20-12+. The molecule has 0 spiro atoms. The number of hydrogen-bond donors (Lipinski definition) is 2. The number of aromatic hydroxyl groups is 1. The van der Waals surface area contributed by atoms with Crippen LogP contribution in [0.3, 0.4) is 0 Å². The molecule has 2 N–H and O–H groups in total. The molecule has 27 heavy (non-hydrogen) atoms. The topological polar surface area (TPSA) is 97.2 Å². The zero-order chi connectivity index (χ0) is 19.4. The summed E-state index contributed by atoms with van der Waals surface area (Å²) >= 11 is 0. The Morgan fingerprint density at radius 2 is 1.59 bits per heavy atom. The first-order valence-corrected chi connectivity index (χ1v) is 9.41. The van der Waals surface area contributed by atoms with E-state index in [1.165, 1.54) is 38.6 Å². The molecule has 0 aromatic heterocycles.